The van der Waals surface area contributed by atoms with Gasteiger partial charge in [0, 0.05) is 0 Å². The van der Waals surface area contributed by atoms with Crippen LogP contribution in [0.15, 0.2) is 0 Å². The van der Waals surface area contributed by atoms with E-state index in [-0.39, 0.29) is 12.8 Å². The van der Waals surface area contributed by atoms with E-state index in [9.17, 15) is 18.0 Å². The van der Waals surface area contributed by atoms with Crippen molar-refractivity contribution in [2.75, 3.05) is 0 Å². The standard InChI is InChI=1S/C10H16F3NO2/c1-8(2,3)16-7(15)14-9(5-4-6-9)10(11,12)13/h4-6H2,1-3H3,(H,14,15). The average molecular weight is 239 g/mol. The monoisotopic (exact) mass is 239 g/mol. The largest absolute Gasteiger partial charge is 0.444 e. The first-order chi connectivity index (χ1) is 7.06. The fourth-order valence-electron chi connectivity index (χ4n) is 1.51. The second-order valence-corrected chi connectivity index (χ2v) is 5.06. The molecule has 1 aliphatic carbocycles. The minimum Gasteiger partial charge on any atom is -0.444 e. The molecule has 0 unspecified atom stereocenters. The van der Waals surface area contributed by atoms with E-state index in [4.69, 9.17) is 4.74 Å². The molecule has 0 aromatic rings. The van der Waals surface area contributed by atoms with Gasteiger partial charge in [-0.3, -0.25) is 0 Å². The van der Waals surface area contributed by atoms with Gasteiger partial charge in [-0.1, -0.05) is 0 Å². The van der Waals surface area contributed by atoms with Crippen molar-refractivity contribution in [2.45, 2.75) is 57.3 Å². The molecule has 1 fully saturated rings. The molecule has 16 heavy (non-hydrogen) atoms. The van der Waals surface area contributed by atoms with Gasteiger partial charge in [0.15, 0.2) is 0 Å². The highest BCUT2D eigenvalue weighted by Gasteiger charge is 2.59. The topological polar surface area (TPSA) is 38.3 Å². The van der Waals surface area contributed by atoms with Gasteiger partial charge in [-0.25, -0.2) is 4.79 Å². The van der Waals surface area contributed by atoms with Crippen molar-refractivity contribution in [3.8, 4) is 0 Å². The number of hydrogen-bond acceptors (Lipinski definition) is 2. The number of carbonyl (C=O) groups is 1. The molecule has 0 aliphatic heterocycles. The summed E-state index contributed by atoms with van der Waals surface area (Å²) >= 11 is 0. The predicted octanol–water partition coefficient (Wildman–Crippen LogP) is 3.00. The maximum absolute atomic E-state index is 12.7. The zero-order chi connectivity index (χ0) is 12.6. The molecule has 0 bridgehead atoms. The highest BCUT2D eigenvalue weighted by Crippen LogP contribution is 2.45. The molecule has 1 N–H and O–H groups in total. The number of alkyl halides is 3. The van der Waals surface area contributed by atoms with Gasteiger partial charge >= 0.3 is 12.3 Å². The Morgan fingerprint density at radius 3 is 2.00 bits per heavy atom. The predicted molar refractivity (Wildman–Crippen MR) is 52.0 cm³/mol. The summed E-state index contributed by atoms with van der Waals surface area (Å²) in [5.41, 5.74) is -2.87. The van der Waals surface area contributed by atoms with Crippen LogP contribution >= 0.6 is 0 Å². The molecule has 1 amide bonds. The number of amides is 1. The van der Waals surface area contributed by atoms with Crippen LogP contribution in [-0.4, -0.2) is 23.4 Å². The van der Waals surface area contributed by atoms with E-state index in [1.54, 1.807) is 20.8 Å². The van der Waals surface area contributed by atoms with Gasteiger partial charge in [0.05, 0.1) is 0 Å². The van der Waals surface area contributed by atoms with Crippen molar-refractivity contribution in [3.63, 3.8) is 0 Å². The van der Waals surface area contributed by atoms with Crippen LogP contribution in [0.1, 0.15) is 40.0 Å². The Hall–Kier alpha value is -0.940. The van der Waals surface area contributed by atoms with Crippen LogP contribution in [0.25, 0.3) is 0 Å². The smallest absolute Gasteiger partial charge is 0.411 e. The summed E-state index contributed by atoms with van der Waals surface area (Å²) in [7, 11) is 0. The summed E-state index contributed by atoms with van der Waals surface area (Å²) in [5.74, 6) is 0. The van der Waals surface area contributed by atoms with Crippen LogP contribution in [0.4, 0.5) is 18.0 Å². The molecule has 0 heterocycles. The zero-order valence-electron chi connectivity index (χ0n) is 9.57. The first kappa shape index (κ1) is 13.1. The SMILES string of the molecule is CC(C)(C)OC(=O)NC1(C(F)(F)F)CCC1. The van der Waals surface area contributed by atoms with Gasteiger partial charge < -0.3 is 10.1 Å². The van der Waals surface area contributed by atoms with Crippen LogP contribution < -0.4 is 5.32 Å². The van der Waals surface area contributed by atoms with Crippen LogP contribution in [0.5, 0.6) is 0 Å². The van der Waals surface area contributed by atoms with Gasteiger partial charge in [-0.2, -0.15) is 13.2 Å². The molecular weight excluding hydrogens is 223 g/mol. The molecule has 94 valence electrons. The Labute approximate surface area is 92.3 Å². The number of carbonyl (C=O) groups excluding carboxylic acids is 1. The molecule has 0 atom stereocenters. The molecule has 6 heteroatoms. The lowest BCUT2D eigenvalue weighted by atomic mass is 9.76. The number of alkyl carbamates (subject to hydrolysis) is 1. The summed E-state index contributed by atoms with van der Waals surface area (Å²) in [6.07, 6.45) is -5.10. The van der Waals surface area contributed by atoms with E-state index in [1.807, 2.05) is 5.32 Å². The molecule has 0 radical (unpaired) electrons. The molecule has 3 nitrogen and oxygen atoms in total. The quantitative estimate of drug-likeness (QED) is 0.763. The normalized spacial score (nSPS) is 19.9. The first-order valence-corrected chi connectivity index (χ1v) is 5.14. The lowest BCUT2D eigenvalue weighted by Crippen LogP contribution is -2.63. The van der Waals surface area contributed by atoms with Crippen LogP contribution in [0.2, 0.25) is 0 Å². The fourth-order valence-corrected chi connectivity index (χ4v) is 1.51. The lowest BCUT2D eigenvalue weighted by molar-refractivity contribution is -0.216. The Morgan fingerprint density at radius 1 is 1.25 bits per heavy atom. The Kier molecular flexibility index (Phi) is 3.13. The van der Waals surface area contributed by atoms with Crippen molar-refractivity contribution in [1.82, 2.24) is 5.32 Å². The van der Waals surface area contributed by atoms with Gasteiger partial charge in [0.25, 0.3) is 0 Å². The second kappa shape index (κ2) is 3.82. The highest BCUT2D eigenvalue weighted by molar-refractivity contribution is 5.69. The van der Waals surface area contributed by atoms with Crippen molar-refractivity contribution < 1.29 is 22.7 Å². The third kappa shape index (κ3) is 2.80. The highest BCUT2D eigenvalue weighted by atomic mass is 19.4. The lowest BCUT2D eigenvalue weighted by Gasteiger charge is -2.43. The molecule has 1 rings (SSSR count). The van der Waals surface area contributed by atoms with Crippen LogP contribution in [0, 0.1) is 0 Å². The van der Waals surface area contributed by atoms with Crippen LogP contribution in [-0.2, 0) is 4.74 Å². The molecule has 1 aliphatic rings. The number of halogens is 3. The van der Waals surface area contributed by atoms with Gasteiger partial charge in [0.1, 0.15) is 11.1 Å². The third-order valence-corrected chi connectivity index (χ3v) is 2.49. The molecule has 0 aromatic heterocycles. The summed E-state index contributed by atoms with van der Waals surface area (Å²) in [5, 5.41) is 1.94. The molecular formula is C10H16F3NO2. The fraction of sp³-hybridized carbons (Fsp3) is 0.900. The molecule has 0 aromatic carbocycles. The summed E-state index contributed by atoms with van der Waals surface area (Å²) in [6, 6.07) is 0. The van der Waals surface area contributed by atoms with Gasteiger partial charge in [0.2, 0.25) is 0 Å². The number of hydrogen-bond donors (Lipinski definition) is 1. The maximum atomic E-state index is 12.7. The summed E-state index contributed by atoms with van der Waals surface area (Å²) in [4.78, 5) is 11.3. The molecule has 1 saturated carbocycles. The van der Waals surface area contributed by atoms with Crippen LogP contribution in [0.3, 0.4) is 0 Å². The van der Waals surface area contributed by atoms with Crippen molar-refractivity contribution >= 4 is 6.09 Å². The van der Waals surface area contributed by atoms with Crippen molar-refractivity contribution in [3.05, 3.63) is 0 Å². The summed E-state index contributed by atoms with van der Waals surface area (Å²) in [6.45, 7) is 4.81. The Bertz CT molecular complexity index is 277. The van der Waals surface area contributed by atoms with E-state index in [0.717, 1.165) is 0 Å². The van der Waals surface area contributed by atoms with Gasteiger partial charge in [-0.05, 0) is 40.0 Å². The Balaban J connectivity index is 2.62. The first-order valence-electron chi connectivity index (χ1n) is 5.14. The third-order valence-electron chi connectivity index (χ3n) is 2.49. The number of ether oxygens (including phenoxy) is 1. The van der Waals surface area contributed by atoms with E-state index in [1.165, 1.54) is 0 Å². The van der Waals surface area contributed by atoms with Gasteiger partial charge in [-0.15, -0.1) is 0 Å². The second-order valence-electron chi connectivity index (χ2n) is 5.06. The molecule has 0 saturated heterocycles. The van der Waals surface area contributed by atoms with E-state index in [2.05, 4.69) is 0 Å². The maximum Gasteiger partial charge on any atom is 0.411 e. The number of rotatable bonds is 1. The molecule has 0 spiro atoms. The van der Waals surface area contributed by atoms with E-state index >= 15 is 0 Å². The minimum atomic E-state index is -4.41. The van der Waals surface area contributed by atoms with Crippen molar-refractivity contribution in [1.29, 1.82) is 0 Å². The zero-order valence-corrected chi connectivity index (χ0v) is 9.57. The van der Waals surface area contributed by atoms with E-state index < -0.39 is 23.4 Å². The van der Waals surface area contributed by atoms with E-state index in [0.29, 0.717) is 6.42 Å². The number of nitrogens with one attached hydrogen (secondary N) is 1. The average Bonchev–Trinajstić information content (AvgIpc) is 1.90. The summed E-state index contributed by atoms with van der Waals surface area (Å²) < 4.78 is 42.9. The minimum absolute atomic E-state index is 0.0737. The van der Waals surface area contributed by atoms with Crippen molar-refractivity contribution in [2.24, 2.45) is 0 Å². The Morgan fingerprint density at radius 2 is 1.75 bits per heavy atom.